The topological polar surface area (TPSA) is 45.0 Å². The van der Waals surface area contributed by atoms with Gasteiger partial charge in [-0.1, -0.05) is 11.6 Å². The summed E-state index contributed by atoms with van der Waals surface area (Å²) < 4.78 is 5.57. The molecule has 1 aromatic rings. The molecule has 1 fully saturated rings. The third-order valence-electron chi connectivity index (χ3n) is 3.14. The zero-order chi connectivity index (χ0) is 12.8. The summed E-state index contributed by atoms with van der Waals surface area (Å²) in [5.41, 5.74) is 1.48. The summed E-state index contributed by atoms with van der Waals surface area (Å²) in [6, 6.07) is 7.38. The number of hydrogen-bond acceptors (Lipinski definition) is 3. The van der Waals surface area contributed by atoms with E-state index in [0.717, 1.165) is 31.7 Å². The minimum atomic E-state index is 0.447. The van der Waals surface area contributed by atoms with Crippen molar-refractivity contribution in [2.45, 2.75) is 31.8 Å². The van der Waals surface area contributed by atoms with E-state index in [1.807, 2.05) is 6.07 Å². The second-order valence-corrected chi connectivity index (χ2v) is 4.92. The third kappa shape index (κ3) is 3.63. The molecule has 0 saturated carbocycles. The summed E-state index contributed by atoms with van der Waals surface area (Å²) >= 11 is 6.08. The molecule has 0 radical (unpaired) electrons. The maximum absolute atomic E-state index is 8.75. The second kappa shape index (κ2) is 6.63. The quantitative estimate of drug-likeness (QED) is 0.827. The predicted molar refractivity (Wildman–Crippen MR) is 72.9 cm³/mol. The van der Waals surface area contributed by atoms with Crippen LogP contribution in [0.25, 0.3) is 0 Å². The van der Waals surface area contributed by atoms with Crippen LogP contribution in [0.2, 0.25) is 5.02 Å². The van der Waals surface area contributed by atoms with Gasteiger partial charge in [-0.2, -0.15) is 5.26 Å². The van der Waals surface area contributed by atoms with Crippen molar-refractivity contribution in [2.24, 2.45) is 0 Å². The molecule has 1 aliphatic heterocycles. The Bertz CT molecular complexity index is 436. The van der Waals surface area contributed by atoms with Crippen LogP contribution in [-0.2, 0) is 4.74 Å². The Hall–Kier alpha value is -1.24. The van der Waals surface area contributed by atoms with E-state index in [0.29, 0.717) is 16.7 Å². The SMILES string of the molecule is N#Cc1ccc(NCCCC2CCCO2)c(Cl)c1. The number of nitrogens with zero attached hydrogens (tertiary/aromatic N) is 1. The number of ether oxygens (including phenoxy) is 1. The average Bonchev–Trinajstić information content (AvgIpc) is 2.89. The zero-order valence-electron chi connectivity index (χ0n) is 10.3. The molecule has 3 nitrogen and oxygen atoms in total. The number of anilines is 1. The fraction of sp³-hybridized carbons (Fsp3) is 0.500. The van der Waals surface area contributed by atoms with Crippen LogP contribution >= 0.6 is 11.6 Å². The van der Waals surface area contributed by atoms with Crippen LogP contribution in [0, 0.1) is 11.3 Å². The molecule has 2 rings (SSSR count). The molecule has 1 heterocycles. The van der Waals surface area contributed by atoms with Gasteiger partial charge in [-0.15, -0.1) is 0 Å². The van der Waals surface area contributed by atoms with Crippen molar-refractivity contribution in [1.29, 1.82) is 5.26 Å². The Morgan fingerprint density at radius 3 is 3.06 bits per heavy atom. The summed E-state index contributed by atoms with van der Waals surface area (Å²) in [5, 5.41) is 12.6. The summed E-state index contributed by atoms with van der Waals surface area (Å²) in [6.45, 7) is 1.80. The summed E-state index contributed by atoms with van der Waals surface area (Å²) in [4.78, 5) is 0. The van der Waals surface area contributed by atoms with Crippen molar-refractivity contribution in [3.8, 4) is 6.07 Å². The predicted octanol–water partition coefficient (Wildman–Crippen LogP) is 3.58. The number of benzene rings is 1. The fourth-order valence-corrected chi connectivity index (χ4v) is 2.40. The lowest BCUT2D eigenvalue weighted by Crippen LogP contribution is -2.09. The molecular weight excluding hydrogens is 248 g/mol. The highest BCUT2D eigenvalue weighted by molar-refractivity contribution is 6.33. The number of rotatable bonds is 5. The van der Waals surface area contributed by atoms with Crippen molar-refractivity contribution < 1.29 is 4.74 Å². The van der Waals surface area contributed by atoms with E-state index in [9.17, 15) is 0 Å². The van der Waals surface area contributed by atoms with Gasteiger partial charge in [0.25, 0.3) is 0 Å². The minimum absolute atomic E-state index is 0.447. The van der Waals surface area contributed by atoms with Gasteiger partial charge in [0.15, 0.2) is 0 Å². The van der Waals surface area contributed by atoms with E-state index in [4.69, 9.17) is 21.6 Å². The first kappa shape index (κ1) is 13.2. The molecule has 18 heavy (non-hydrogen) atoms. The van der Waals surface area contributed by atoms with Crippen molar-refractivity contribution in [3.63, 3.8) is 0 Å². The van der Waals surface area contributed by atoms with Crippen molar-refractivity contribution in [3.05, 3.63) is 28.8 Å². The van der Waals surface area contributed by atoms with Crippen molar-refractivity contribution in [1.82, 2.24) is 0 Å². The molecule has 0 bridgehead atoms. The van der Waals surface area contributed by atoms with Crippen molar-refractivity contribution in [2.75, 3.05) is 18.5 Å². The Morgan fingerprint density at radius 1 is 1.50 bits per heavy atom. The molecule has 1 saturated heterocycles. The van der Waals surface area contributed by atoms with Gasteiger partial charge >= 0.3 is 0 Å². The zero-order valence-corrected chi connectivity index (χ0v) is 11.0. The van der Waals surface area contributed by atoms with Crippen molar-refractivity contribution >= 4 is 17.3 Å². The number of nitriles is 1. The Labute approximate surface area is 113 Å². The molecule has 0 aromatic heterocycles. The van der Waals surface area contributed by atoms with Crippen LogP contribution in [0.4, 0.5) is 5.69 Å². The number of hydrogen-bond donors (Lipinski definition) is 1. The molecular formula is C14H17ClN2O. The summed E-state index contributed by atoms with van der Waals surface area (Å²) in [5.74, 6) is 0. The van der Waals surface area contributed by atoms with Crippen LogP contribution < -0.4 is 5.32 Å². The highest BCUT2D eigenvalue weighted by Gasteiger charge is 2.14. The van der Waals surface area contributed by atoms with Gasteiger partial charge < -0.3 is 10.1 Å². The normalized spacial score (nSPS) is 18.6. The Balaban J connectivity index is 1.74. The van der Waals surface area contributed by atoms with Gasteiger partial charge in [-0.3, -0.25) is 0 Å². The lowest BCUT2D eigenvalue weighted by Gasteiger charge is -2.11. The van der Waals surface area contributed by atoms with E-state index < -0.39 is 0 Å². The first-order chi connectivity index (χ1) is 8.79. The lowest BCUT2D eigenvalue weighted by molar-refractivity contribution is 0.103. The van der Waals surface area contributed by atoms with E-state index in [1.165, 1.54) is 12.8 Å². The van der Waals surface area contributed by atoms with Gasteiger partial charge in [0.1, 0.15) is 0 Å². The molecule has 1 aromatic carbocycles. The van der Waals surface area contributed by atoms with E-state index in [-0.39, 0.29) is 0 Å². The van der Waals surface area contributed by atoms with Crippen LogP contribution in [-0.4, -0.2) is 19.3 Å². The van der Waals surface area contributed by atoms with Crippen LogP contribution in [0.5, 0.6) is 0 Å². The summed E-state index contributed by atoms with van der Waals surface area (Å²) in [6.07, 6.45) is 5.00. The average molecular weight is 265 g/mol. The van der Waals surface area contributed by atoms with Gasteiger partial charge in [-0.25, -0.2) is 0 Å². The fourth-order valence-electron chi connectivity index (χ4n) is 2.15. The highest BCUT2D eigenvalue weighted by Crippen LogP contribution is 2.23. The third-order valence-corrected chi connectivity index (χ3v) is 3.45. The van der Waals surface area contributed by atoms with Gasteiger partial charge in [0, 0.05) is 13.2 Å². The Kier molecular flexibility index (Phi) is 4.86. The monoisotopic (exact) mass is 264 g/mol. The number of nitrogens with one attached hydrogen (secondary N) is 1. The second-order valence-electron chi connectivity index (χ2n) is 4.51. The van der Waals surface area contributed by atoms with Gasteiger partial charge in [0.05, 0.1) is 28.4 Å². The smallest absolute Gasteiger partial charge is 0.0992 e. The van der Waals surface area contributed by atoms with Crippen LogP contribution in [0.3, 0.4) is 0 Å². The Morgan fingerprint density at radius 2 is 2.39 bits per heavy atom. The standard InChI is InChI=1S/C14H17ClN2O/c15-13-9-11(10-16)5-6-14(13)17-7-1-3-12-4-2-8-18-12/h5-6,9,12,17H,1-4,7-8H2. The van der Waals surface area contributed by atoms with Gasteiger partial charge in [0.2, 0.25) is 0 Å². The van der Waals surface area contributed by atoms with E-state index >= 15 is 0 Å². The first-order valence-corrected chi connectivity index (χ1v) is 6.72. The highest BCUT2D eigenvalue weighted by atomic mass is 35.5. The van der Waals surface area contributed by atoms with Crippen LogP contribution in [0.15, 0.2) is 18.2 Å². The largest absolute Gasteiger partial charge is 0.384 e. The van der Waals surface area contributed by atoms with E-state index in [1.54, 1.807) is 12.1 Å². The summed E-state index contributed by atoms with van der Waals surface area (Å²) in [7, 11) is 0. The molecule has 0 aliphatic carbocycles. The van der Waals surface area contributed by atoms with Crippen LogP contribution in [0.1, 0.15) is 31.2 Å². The molecule has 1 N–H and O–H groups in total. The minimum Gasteiger partial charge on any atom is -0.384 e. The molecule has 1 unspecified atom stereocenters. The maximum Gasteiger partial charge on any atom is 0.0992 e. The maximum atomic E-state index is 8.75. The van der Waals surface area contributed by atoms with E-state index in [2.05, 4.69) is 11.4 Å². The first-order valence-electron chi connectivity index (χ1n) is 6.35. The van der Waals surface area contributed by atoms with Gasteiger partial charge in [-0.05, 0) is 43.9 Å². The molecule has 96 valence electrons. The number of halogens is 1. The molecule has 0 spiro atoms. The molecule has 1 aliphatic rings. The molecule has 4 heteroatoms. The molecule has 0 amide bonds. The molecule has 1 atom stereocenters. The lowest BCUT2D eigenvalue weighted by atomic mass is 10.1.